The van der Waals surface area contributed by atoms with Crippen LogP contribution < -0.4 is 39.0 Å². The molecule has 1 unspecified atom stereocenters. The zero-order valence-electron chi connectivity index (χ0n) is 17.3. The van der Waals surface area contributed by atoms with E-state index in [0.29, 0.717) is 26.1 Å². The number of carbonyl (C=O) groups is 1. The molecule has 1 aliphatic heterocycles. The molecule has 1 aromatic heterocycles. The second-order valence-corrected chi connectivity index (χ2v) is 6.82. The minimum atomic E-state index is -1.44. The van der Waals surface area contributed by atoms with Crippen molar-refractivity contribution in [3.8, 4) is 17.2 Å². The van der Waals surface area contributed by atoms with E-state index >= 15 is 0 Å². The van der Waals surface area contributed by atoms with Crippen LogP contribution in [-0.2, 0) is 9.53 Å². The van der Waals surface area contributed by atoms with Gasteiger partial charge >= 0.3 is 18.9 Å². The summed E-state index contributed by atoms with van der Waals surface area (Å²) in [7, 11) is 0. The first kappa shape index (κ1) is 24.9. The van der Waals surface area contributed by atoms with E-state index in [0.717, 1.165) is 29.1 Å². The van der Waals surface area contributed by atoms with Crippen molar-refractivity contribution in [3.63, 3.8) is 0 Å². The molecule has 8 nitrogen and oxygen atoms in total. The van der Waals surface area contributed by atoms with Crippen LogP contribution in [0.25, 0.3) is 0 Å². The Morgan fingerprint density at radius 2 is 2.06 bits per heavy atom. The number of hydrogen-bond donors (Lipinski definition) is 0. The number of nitrogens with zero attached hydrogens (tertiary/aromatic N) is 2. The zero-order chi connectivity index (χ0) is 21.7. The summed E-state index contributed by atoms with van der Waals surface area (Å²) >= 11 is 0. The fourth-order valence-corrected chi connectivity index (χ4v) is 3.28. The van der Waals surface area contributed by atoms with E-state index in [1.54, 1.807) is 6.92 Å². The Morgan fingerprint density at radius 1 is 1.35 bits per heavy atom. The van der Waals surface area contributed by atoms with Crippen LogP contribution in [0.4, 0.5) is 8.78 Å². The van der Waals surface area contributed by atoms with E-state index in [4.69, 9.17) is 14.2 Å². The van der Waals surface area contributed by atoms with E-state index in [9.17, 15) is 23.5 Å². The van der Waals surface area contributed by atoms with Crippen LogP contribution in [0.2, 0.25) is 0 Å². The maximum Gasteiger partial charge on any atom is 1.00 e. The first-order valence-corrected chi connectivity index (χ1v) is 9.56. The molecule has 1 fully saturated rings. The molecule has 31 heavy (non-hydrogen) atoms. The Bertz CT molecular complexity index is 965. The van der Waals surface area contributed by atoms with Crippen molar-refractivity contribution in [1.82, 2.24) is 9.78 Å². The number of carboxylic acid groups (broad SMARTS) is 1. The molecule has 1 aliphatic rings. The van der Waals surface area contributed by atoms with Crippen LogP contribution in [0.3, 0.4) is 0 Å². The number of aliphatic carboxylic acids is 1. The Kier molecular flexibility index (Phi) is 9.04. The van der Waals surface area contributed by atoms with Crippen molar-refractivity contribution >= 4 is 5.97 Å². The second kappa shape index (κ2) is 11.3. The predicted molar refractivity (Wildman–Crippen MR) is 98.3 cm³/mol. The van der Waals surface area contributed by atoms with Crippen molar-refractivity contribution in [3.05, 3.63) is 46.4 Å². The van der Waals surface area contributed by atoms with Gasteiger partial charge in [-0.2, -0.15) is 9.49 Å². The average Bonchev–Trinajstić information content (AvgIpc) is 2.73. The second-order valence-electron chi connectivity index (χ2n) is 6.82. The summed E-state index contributed by atoms with van der Waals surface area (Å²) in [6, 6.07) is 1.74. The molecule has 2 aromatic rings. The average molecular weight is 430 g/mol. The van der Waals surface area contributed by atoms with Gasteiger partial charge in [-0.3, -0.25) is 4.79 Å². The first-order valence-electron chi connectivity index (χ1n) is 9.56. The Labute approximate surface area is 189 Å². The first-order chi connectivity index (χ1) is 14.4. The third kappa shape index (κ3) is 6.06. The number of benzene rings is 1. The molecule has 3 rings (SSSR count). The summed E-state index contributed by atoms with van der Waals surface area (Å²) in [6.07, 6.45) is 2.54. The van der Waals surface area contributed by atoms with Gasteiger partial charge in [-0.1, -0.05) is 0 Å². The van der Waals surface area contributed by atoms with Gasteiger partial charge in [0.05, 0.1) is 24.8 Å². The Hall–Kier alpha value is -2.41. The van der Waals surface area contributed by atoms with E-state index in [2.05, 4.69) is 5.10 Å². The molecule has 1 aromatic carbocycles. The van der Waals surface area contributed by atoms with Gasteiger partial charge in [-0.05, 0) is 44.2 Å². The van der Waals surface area contributed by atoms with Gasteiger partial charge in [-0.25, -0.2) is 9.07 Å². The number of hydrogen-bond acceptors (Lipinski definition) is 7. The summed E-state index contributed by atoms with van der Waals surface area (Å²) in [4.78, 5) is 24.1. The normalized spacial score (nSPS) is 15.1. The Morgan fingerprint density at radius 3 is 2.68 bits per heavy atom. The van der Waals surface area contributed by atoms with Crippen LogP contribution >= 0.6 is 0 Å². The van der Waals surface area contributed by atoms with E-state index < -0.39 is 35.0 Å². The number of halogens is 2. The molecular formula is C20H21F2LiN2O6. The smallest absolute Gasteiger partial charge is 0.548 e. The molecule has 1 saturated heterocycles. The monoisotopic (exact) mass is 430 g/mol. The molecule has 0 amide bonds. The van der Waals surface area contributed by atoms with E-state index in [1.807, 2.05) is 0 Å². The summed E-state index contributed by atoms with van der Waals surface area (Å²) in [5, 5.41) is 15.4. The fraction of sp³-hybridized carbons (Fsp3) is 0.450. The molecular weight excluding hydrogens is 409 g/mol. The van der Waals surface area contributed by atoms with E-state index in [-0.39, 0.29) is 49.3 Å². The number of carboxylic acids is 1. The minimum Gasteiger partial charge on any atom is -0.548 e. The molecule has 1 atom stereocenters. The van der Waals surface area contributed by atoms with Gasteiger partial charge in [0.25, 0.3) is 5.56 Å². The molecule has 162 valence electrons. The maximum atomic E-state index is 14.4. The molecule has 2 heterocycles. The summed E-state index contributed by atoms with van der Waals surface area (Å²) < 4.78 is 44.7. The number of carbonyl (C=O) groups excluding carboxylic acids is 1. The van der Waals surface area contributed by atoms with Gasteiger partial charge in [0.1, 0.15) is 0 Å². The van der Waals surface area contributed by atoms with Crippen LogP contribution in [-0.4, -0.2) is 35.6 Å². The standard InChI is InChI=1S/C20H22F2N2O6.Li/c1-2-29-16-4-3-14(21)19(18(16)22)30-13-10-17(25)24(23-11-13)15(20(26)27)9-12-5-7-28-8-6-12;/h3-4,10-12,15H,2,5-9H2,1H3,(H,26,27);/q;+1/p-1. The molecule has 0 bridgehead atoms. The molecule has 0 spiro atoms. The quantitative estimate of drug-likeness (QED) is 0.486. The number of ether oxygens (including phenoxy) is 3. The Balaban J connectivity index is 0.00000341. The largest absolute Gasteiger partial charge is 1.00 e. The summed E-state index contributed by atoms with van der Waals surface area (Å²) in [5.41, 5.74) is -0.796. The van der Waals surface area contributed by atoms with Crippen molar-refractivity contribution in [2.24, 2.45) is 5.92 Å². The van der Waals surface area contributed by atoms with Gasteiger partial charge in [0, 0.05) is 19.3 Å². The van der Waals surface area contributed by atoms with E-state index in [1.165, 1.54) is 0 Å². The van der Waals surface area contributed by atoms with Crippen LogP contribution in [0.5, 0.6) is 17.2 Å². The fourth-order valence-electron chi connectivity index (χ4n) is 3.28. The van der Waals surface area contributed by atoms with Crippen molar-refractivity contribution in [2.45, 2.75) is 32.2 Å². The maximum absolute atomic E-state index is 14.4. The molecule has 0 N–H and O–H groups in total. The third-order valence-electron chi connectivity index (χ3n) is 4.80. The molecule has 0 aliphatic carbocycles. The molecule has 0 saturated carbocycles. The molecule has 0 radical (unpaired) electrons. The van der Waals surface area contributed by atoms with Gasteiger partial charge in [0.2, 0.25) is 11.6 Å². The van der Waals surface area contributed by atoms with Crippen LogP contribution in [0.1, 0.15) is 32.2 Å². The van der Waals surface area contributed by atoms with Gasteiger partial charge in [-0.15, -0.1) is 0 Å². The molecule has 11 heteroatoms. The van der Waals surface area contributed by atoms with Gasteiger partial charge in [0.15, 0.2) is 17.3 Å². The number of aromatic nitrogens is 2. The van der Waals surface area contributed by atoms with Crippen molar-refractivity contribution < 1.29 is 51.8 Å². The van der Waals surface area contributed by atoms with Crippen LogP contribution in [0, 0.1) is 17.6 Å². The third-order valence-corrected chi connectivity index (χ3v) is 4.80. The topological polar surface area (TPSA) is 103 Å². The minimum absolute atomic E-state index is 0. The van der Waals surface area contributed by atoms with Crippen LogP contribution in [0.15, 0.2) is 29.2 Å². The van der Waals surface area contributed by atoms with Crippen molar-refractivity contribution in [1.29, 1.82) is 0 Å². The summed E-state index contributed by atoms with van der Waals surface area (Å²) in [6.45, 7) is 2.85. The number of rotatable bonds is 8. The SMILES string of the molecule is CCOc1ccc(F)c(Oc2cnn(C(CC3CCOCC3)C(=O)[O-])c(=O)c2)c1F.[Li+]. The zero-order valence-corrected chi connectivity index (χ0v) is 17.3. The summed E-state index contributed by atoms with van der Waals surface area (Å²) in [5.74, 6) is -4.64. The predicted octanol–water partition coefficient (Wildman–Crippen LogP) is -1.18. The van der Waals surface area contributed by atoms with Crippen molar-refractivity contribution in [2.75, 3.05) is 19.8 Å². The van der Waals surface area contributed by atoms with Gasteiger partial charge < -0.3 is 24.1 Å².